The number of carbonyl (C=O) groups excluding carboxylic acids is 1. The minimum atomic E-state index is -0.170. The van der Waals surface area contributed by atoms with Crippen molar-refractivity contribution < 1.29 is 23.7 Å². The van der Waals surface area contributed by atoms with Crippen molar-refractivity contribution in [2.24, 2.45) is 0 Å². The second-order valence-electron chi connectivity index (χ2n) is 7.29. The molecule has 1 saturated heterocycles. The molecule has 1 aliphatic rings. The Balaban J connectivity index is 0.00000306. The maximum Gasteiger partial charge on any atom is 0.260 e. The summed E-state index contributed by atoms with van der Waals surface area (Å²) in [5.41, 5.74) is 1.32. The Kier molecular flexibility index (Phi) is 8.74. The van der Waals surface area contributed by atoms with E-state index in [1.807, 2.05) is 24.3 Å². The summed E-state index contributed by atoms with van der Waals surface area (Å²) < 4.78 is 22.8. The van der Waals surface area contributed by atoms with Crippen molar-refractivity contribution in [3.63, 3.8) is 0 Å². The number of anilines is 1. The number of hydrogen-bond acceptors (Lipinski definition) is 8. The Bertz CT molecular complexity index is 1030. The molecule has 0 saturated carbocycles. The van der Waals surface area contributed by atoms with Gasteiger partial charge in [-0.1, -0.05) is 23.5 Å². The zero-order valence-corrected chi connectivity index (χ0v) is 20.5. The van der Waals surface area contributed by atoms with Crippen LogP contribution in [0.1, 0.15) is 10.4 Å². The number of carbonyl (C=O) groups is 1. The lowest BCUT2D eigenvalue weighted by Gasteiger charge is -2.29. The molecule has 33 heavy (non-hydrogen) atoms. The maximum atomic E-state index is 13.7. The molecule has 0 N–H and O–H groups in total. The van der Waals surface area contributed by atoms with Gasteiger partial charge in [-0.15, -0.1) is 12.4 Å². The van der Waals surface area contributed by atoms with Crippen molar-refractivity contribution in [2.75, 3.05) is 65.6 Å². The molecule has 0 spiro atoms. The van der Waals surface area contributed by atoms with E-state index in [1.165, 1.54) is 32.7 Å². The lowest BCUT2D eigenvalue weighted by Crippen LogP contribution is -2.43. The number of thiazole rings is 1. The van der Waals surface area contributed by atoms with Gasteiger partial charge in [0.2, 0.25) is 5.75 Å². The number of nitrogens with zero attached hydrogens (tertiary/aromatic N) is 3. The Labute approximate surface area is 203 Å². The molecule has 1 aromatic heterocycles. The minimum absolute atomic E-state index is 0. The van der Waals surface area contributed by atoms with E-state index in [1.54, 1.807) is 17.0 Å². The van der Waals surface area contributed by atoms with Crippen LogP contribution in [0.25, 0.3) is 10.2 Å². The lowest BCUT2D eigenvalue weighted by atomic mass is 10.1. The third-order valence-corrected chi connectivity index (χ3v) is 6.47. The van der Waals surface area contributed by atoms with E-state index in [9.17, 15) is 4.79 Å². The molecular weight excluding hydrogens is 466 g/mol. The fourth-order valence-corrected chi connectivity index (χ4v) is 4.68. The highest BCUT2D eigenvalue weighted by atomic mass is 35.5. The van der Waals surface area contributed by atoms with Gasteiger partial charge in [0.25, 0.3) is 5.91 Å². The quantitative estimate of drug-likeness (QED) is 0.473. The summed E-state index contributed by atoms with van der Waals surface area (Å²) >= 11 is 1.51. The molecule has 2 aromatic carbocycles. The Morgan fingerprint density at radius 3 is 2.36 bits per heavy atom. The van der Waals surface area contributed by atoms with E-state index in [0.717, 1.165) is 29.9 Å². The average Bonchev–Trinajstić information content (AvgIpc) is 3.27. The summed E-state index contributed by atoms with van der Waals surface area (Å²) in [5.74, 6) is 1.16. The van der Waals surface area contributed by atoms with Gasteiger partial charge in [-0.2, -0.15) is 0 Å². The number of amides is 1. The second-order valence-corrected chi connectivity index (χ2v) is 8.30. The fourth-order valence-electron chi connectivity index (χ4n) is 3.69. The zero-order chi connectivity index (χ0) is 22.5. The molecule has 0 bridgehead atoms. The largest absolute Gasteiger partial charge is 0.493 e. The van der Waals surface area contributed by atoms with Crippen LogP contribution in [0.2, 0.25) is 0 Å². The van der Waals surface area contributed by atoms with Crippen molar-refractivity contribution in [1.82, 2.24) is 9.88 Å². The van der Waals surface area contributed by atoms with Gasteiger partial charge >= 0.3 is 0 Å². The van der Waals surface area contributed by atoms with Crippen LogP contribution in [0.3, 0.4) is 0 Å². The molecule has 1 amide bonds. The van der Waals surface area contributed by atoms with E-state index < -0.39 is 0 Å². The van der Waals surface area contributed by atoms with Crippen LogP contribution < -0.4 is 19.1 Å². The van der Waals surface area contributed by atoms with Gasteiger partial charge in [0.1, 0.15) is 0 Å². The molecule has 0 aliphatic carbocycles. The third kappa shape index (κ3) is 5.50. The van der Waals surface area contributed by atoms with Gasteiger partial charge in [0.15, 0.2) is 16.6 Å². The van der Waals surface area contributed by atoms with Crippen LogP contribution in [-0.4, -0.2) is 76.5 Å². The molecule has 0 radical (unpaired) electrons. The monoisotopic (exact) mass is 493 g/mol. The summed E-state index contributed by atoms with van der Waals surface area (Å²) in [7, 11) is 4.61. The van der Waals surface area contributed by atoms with Crippen LogP contribution in [-0.2, 0) is 4.74 Å². The number of methoxy groups -OCH3 is 3. The van der Waals surface area contributed by atoms with Crippen molar-refractivity contribution >= 4 is 45.0 Å². The summed E-state index contributed by atoms with van der Waals surface area (Å²) in [5, 5.41) is 0.665. The van der Waals surface area contributed by atoms with Crippen molar-refractivity contribution in [2.45, 2.75) is 0 Å². The first-order valence-electron chi connectivity index (χ1n) is 10.4. The molecule has 4 rings (SSSR count). The van der Waals surface area contributed by atoms with Crippen LogP contribution in [0.5, 0.6) is 17.2 Å². The topological polar surface area (TPSA) is 73.4 Å². The molecule has 0 unspecified atom stereocenters. The first-order valence-corrected chi connectivity index (χ1v) is 11.2. The number of benzene rings is 2. The van der Waals surface area contributed by atoms with E-state index in [2.05, 4.69) is 4.90 Å². The third-order valence-electron chi connectivity index (χ3n) is 5.41. The highest BCUT2D eigenvalue weighted by molar-refractivity contribution is 7.22. The zero-order valence-electron chi connectivity index (χ0n) is 18.9. The standard InChI is InChI=1S/C23H27N3O5S.ClH/c1-28-18-14-16(15-19(29-2)21(18)30-3)22(27)26(9-8-25-10-12-31-13-11-25)23-24-17-6-4-5-7-20(17)32-23;/h4-7,14-15H,8-13H2,1-3H3;1H. The Morgan fingerprint density at radius 2 is 1.76 bits per heavy atom. The molecule has 1 aliphatic heterocycles. The molecule has 1 fully saturated rings. The van der Waals surface area contributed by atoms with Gasteiger partial charge in [-0.25, -0.2) is 4.98 Å². The molecule has 2 heterocycles. The van der Waals surface area contributed by atoms with E-state index >= 15 is 0 Å². The van der Waals surface area contributed by atoms with Crippen LogP contribution in [0, 0.1) is 0 Å². The van der Waals surface area contributed by atoms with Gasteiger partial charge in [-0.05, 0) is 24.3 Å². The number of fused-ring (bicyclic) bond motifs is 1. The van der Waals surface area contributed by atoms with Crippen molar-refractivity contribution in [3.05, 3.63) is 42.0 Å². The number of morpholine rings is 1. The van der Waals surface area contributed by atoms with Crippen molar-refractivity contribution in [3.8, 4) is 17.2 Å². The number of halogens is 1. The smallest absolute Gasteiger partial charge is 0.260 e. The first-order chi connectivity index (χ1) is 15.6. The van der Waals surface area contributed by atoms with E-state index in [4.69, 9.17) is 23.9 Å². The highest BCUT2D eigenvalue weighted by Crippen LogP contribution is 2.39. The van der Waals surface area contributed by atoms with Gasteiger partial charge in [-0.3, -0.25) is 14.6 Å². The fraction of sp³-hybridized carbons (Fsp3) is 0.391. The predicted molar refractivity (Wildman–Crippen MR) is 132 cm³/mol. The van der Waals surface area contributed by atoms with Gasteiger partial charge in [0.05, 0.1) is 44.8 Å². The molecule has 3 aromatic rings. The highest BCUT2D eigenvalue weighted by Gasteiger charge is 2.25. The van der Waals surface area contributed by atoms with Crippen molar-refractivity contribution in [1.29, 1.82) is 0 Å². The van der Waals surface area contributed by atoms with E-state index in [-0.39, 0.29) is 18.3 Å². The lowest BCUT2D eigenvalue weighted by molar-refractivity contribution is 0.0391. The SMILES string of the molecule is COc1cc(C(=O)N(CCN2CCOCC2)c2nc3ccccc3s2)cc(OC)c1OC.Cl. The van der Waals surface area contributed by atoms with Gasteiger partial charge < -0.3 is 18.9 Å². The summed E-state index contributed by atoms with van der Waals surface area (Å²) in [6, 6.07) is 11.3. The molecule has 8 nitrogen and oxygen atoms in total. The predicted octanol–water partition coefficient (Wildman–Crippen LogP) is 3.72. The molecular formula is C23H28ClN3O5S. The summed E-state index contributed by atoms with van der Waals surface area (Å²) in [4.78, 5) is 22.5. The molecule has 0 atom stereocenters. The summed E-state index contributed by atoms with van der Waals surface area (Å²) in [6.07, 6.45) is 0. The Hall–Kier alpha value is -2.59. The number of aromatic nitrogens is 1. The number of para-hydroxylation sites is 1. The second kappa shape index (κ2) is 11.5. The average molecular weight is 494 g/mol. The Morgan fingerprint density at radius 1 is 1.09 bits per heavy atom. The molecule has 10 heteroatoms. The van der Waals surface area contributed by atoms with Crippen LogP contribution >= 0.6 is 23.7 Å². The first kappa shape index (κ1) is 25.0. The maximum absolute atomic E-state index is 13.7. The van der Waals surface area contributed by atoms with Crippen LogP contribution in [0.15, 0.2) is 36.4 Å². The summed E-state index contributed by atoms with van der Waals surface area (Å²) in [6.45, 7) is 4.37. The minimum Gasteiger partial charge on any atom is -0.493 e. The molecule has 178 valence electrons. The normalized spacial score (nSPS) is 13.9. The number of rotatable bonds is 8. The van der Waals surface area contributed by atoms with E-state index in [0.29, 0.717) is 47.7 Å². The van der Waals surface area contributed by atoms with Crippen LogP contribution in [0.4, 0.5) is 5.13 Å². The van der Waals surface area contributed by atoms with Gasteiger partial charge in [0, 0.05) is 31.7 Å². The number of ether oxygens (including phenoxy) is 4. The number of hydrogen-bond donors (Lipinski definition) is 0.